The summed E-state index contributed by atoms with van der Waals surface area (Å²) in [4.78, 5) is 25.7. The molecule has 0 N–H and O–H groups in total. The van der Waals surface area contributed by atoms with Crippen LogP contribution in [0.25, 0.3) is 0 Å². The zero-order valence-electron chi connectivity index (χ0n) is 11.6. The quantitative estimate of drug-likeness (QED) is 0.778. The molecule has 3 nitrogen and oxygen atoms in total. The second-order valence-electron chi connectivity index (χ2n) is 5.16. The molecule has 3 rings (SSSR count). The molecule has 106 valence electrons. The van der Waals surface area contributed by atoms with E-state index in [1.54, 1.807) is 11.0 Å². The lowest BCUT2D eigenvalue weighted by atomic mass is 9.96. The minimum absolute atomic E-state index is 0.0440. The number of amides is 1. The zero-order chi connectivity index (χ0) is 15.0. The molecule has 0 atom stereocenters. The van der Waals surface area contributed by atoms with Gasteiger partial charge in [-0.2, -0.15) is 0 Å². The maximum atomic E-state index is 12.7. The Morgan fingerprint density at radius 3 is 2.81 bits per heavy atom. The molecule has 0 aliphatic carbocycles. The molecule has 1 aliphatic rings. The van der Waals surface area contributed by atoms with Gasteiger partial charge in [0, 0.05) is 16.6 Å². The van der Waals surface area contributed by atoms with E-state index >= 15 is 0 Å². The van der Waals surface area contributed by atoms with Crippen molar-refractivity contribution in [3.63, 3.8) is 0 Å². The number of carbonyl (C=O) groups excluding carboxylic acids is 2. The van der Waals surface area contributed by atoms with Crippen molar-refractivity contribution in [1.29, 1.82) is 0 Å². The first-order chi connectivity index (χ1) is 10.1. The number of benzene rings is 2. The Hall–Kier alpha value is -1.94. The van der Waals surface area contributed by atoms with Crippen LogP contribution in [0.1, 0.15) is 31.8 Å². The van der Waals surface area contributed by atoms with Crippen LogP contribution in [0.3, 0.4) is 0 Å². The topological polar surface area (TPSA) is 37.4 Å². The zero-order valence-corrected chi connectivity index (χ0v) is 13.2. The summed E-state index contributed by atoms with van der Waals surface area (Å²) >= 11 is 3.37. The number of anilines is 1. The lowest BCUT2D eigenvalue weighted by Crippen LogP contribution is -2.38. The SMILES string of the molecule is Cc1ccc2c(c1)CCN(c1cccc(Br)c1C=O)C2=O. The van der Waals surface area contributed by atoms with Gasteiger partial charge in [0.25, 0.3) is 5.91 Å². The summed E-state index contributed by atoms with van der Waals surface area (Å²) in [6.07, 6.45) is 1.59. The highest BCUT2D eigenvalue weighted by Gasteiger charge is 2.27. The Balaban J connectivity index is 2.07. The Kier molecular flexibility index (Phi) is 3.64. The first-order valence-corrected chi connectivity index (χ1v) is 7.56. The molecule has 0 saturated carbocycles. The average molecular weight is 344 g/mol. The summed E-state index contributed by atoms with van der Waals surface area (Å²) in [7, 11) is 0. The van der Waals surface area contributed by atoms with Crippen LogP contribution in [0.15, 0.2) is 40.9 Å². The fourth-order valence-corrected chi connectivity index (χ4v) is 3.17. The van der Waals surface area contributed by atoms with Crippen LogP contribution in [-0.2, 0) is 6.42 Å². The summed E-state index contributed by atoms with van der Waals surface area (Å²) in [5.74, 6) is -0.0440. The normalized spacial score (nSPS) is 14.0. The predicted molar refractivity (Wildman–Crippen MR) is 86.1 cm³/mol. The summed E-state index contributed by atoms with van der Waals surface area (Å²) in [5, 5.41) is 0. The Bertz CT molecular complexity index is 740. The Labute approximate surface area is 131 Å². The van der Waals surface area contributed by atoms with Gasteiger partial charge in [-0.3, -0.25) is 9.59 Å². The van der Waals surface area contributed by atoms with Crippen LogP contribution in [0.2, 0.25) is 0 Å². The molecule has 21 heavy (non-hydrogen) atoms. The van der Waals surface area contributed by atoms with E-state index in [1.165, 1.54) is 0 Å². The summed E-state index contributed by atoms with van der Waals surface area (Å²) in [6, 6.07) is 11.3. The summed E-state index contributed by atoms with van der Waals surface area (Å²) in [5.41, 5.74) is 4.14. The van der Waals surface area contributed by atoms with E-state index in [4.69, 9.17) is 0 Å². The van der Waals surface area contributed by atoms with E-state index in [-0.39, 0.29) is 5.91 Å². The van der Waals surface area contributed by atoms with Gasteiger partial charge in [-0.05, 0) is 53.0 Å². The second kappa shape index (κ2) is 5.45. The van der Waals surface area contributed by atoms with Gasteiger partial charge in [0.1, 0.15) is 0 Å². The largest absolute Gasteiger partial charge is 0.307 e. The van der Waals surface area contributed by atoms with Gasteiger partial charge in [-0.1, -0.05) is 23.8 Å². The molecule has 0 fully saturated rings. The standard InChI is InChI=1S/C17H14BrNO2/c1-11-5-6-13-12(9-11)7-8-19(17(13)21)16-4-2-3-15(18)14(16)10-20/h2-6,9-10H,7-8H2,1H3. The molecule has 0 radical (unpaired) electrons. The van der Waals surface area contributed by atoms with E-state index in [0.717, 1.165) is 29.4 Å². The van der Waals surface area contributed by atoms with Crippen LogP contribution in [0.5, 0.6) is 0 Å². The van der Waals surface area contributed by atoms with E-state index in [9.17, 15) is 9.59 Å². The minimum atomic E-state index is -0.0440. The van der Waals surface area contributed by atoms with Crippen molar-refractivity contribution in [3.05, 3.63) is 63.1 Å². The van der Waals surface area contributed by atoms with Gasteiger partial charge >= 0.3 is 0 Å². The number of hydrogen-bond donors (Lipinski definition) is 0. The first kappa shape index (κ1) is 14.0. The molecular weight excluding hydrogens is 330 g/mol. The van der Waals surface area contributed by atoms with E-state index in [0.29, 0.717) is 22.3 Å². The lowest BCUT2D eigenvalue weighted by Gasteiger charge is -2.30. The number of aryl methyl sites for hydroxylation is 1. The highest BCUT2D eigenvalue weighted by atomic mass is 79.9. The Morgan fingerprint density at radius 1 is 1.24 bits per heavy atom. The van der Waals surface area contributed by atoms with Crippen LogP contribution in [-0.4, -0.2) is 18.7 Å². The van der Waals surface area contributed by atoms with Gasteiger partial charge in [-0.15, -0.1) is 0 Å². The predicted octanol–water partition coefficient (Wildman–Crippen LogP) is 3.77. The molecule has 1 heterocycles. The molecule has 0 saturated heterocycles. The molecule has 0 unspecified atom stereocenters. The lowest BCUT2D eigenvalue weighted by molar-refractivity contribution is 0.0980. The third-order valence-corrected chi connectivity index (χ3v) is 4.47. The fourth-order valence-electron chi connectivity index (χ4n) is 2.72. The number of hydrogen-bond acceptors (Lipinski definition) is 2. The first-order valence-electron chi connectivity index (χ1n) is 6.77. The van der Waals surface area contributed by atoms with Crippen molar-refractivity contribution in [3.8, 4) is 0 Å². The van der Waals surface area contributed by atoms with E-state index in [2.05, 4.69) is 22.0 Å². The van der Waals surface area contributed by atoms with E-state index < -0.39 is 0 Å². The van der Waals surface area contributed by atoms with Gasteiger partial charge in [0.15, 0.2) is 6.29 Å². The fraction of sp³-hybridized carbons (Fsp3) is 0.176. The molecule has 2 aromatic rings. The van der Waals surface area contributed by atoms with Gasteiger partial charge in [0.2, 0.25) is 0 Å². The molecule has 4 heteroatoms. The van der Waals surface area contributed by atoms with Crippen LogP contribution < -0.4 is 4.90 Å². The van der Waals surface area contributed by atoms with Crippen molar-refractivity contribution in [1.82, 2.24) is 0 Å². The average Bonchev–Trinajstić information content (AvgIpc) is 2.47. The van der Waals surface area contributed by atoms with Crippen molar-refractivity contribution in [2.24, 2.45) is 0 Å². The van der Waals surface area contributed by atoms with Crippen LogP contribution in [0.4, 0.5) is 5.69 Å². The summed E-state index contributed by atoms with van der Waals surface area (Å²) < 4.78 is 0.706. The summed E-state index contributed by atoms with van der Waals surface area (Å²) in [6.45, 7) is 2.61. The number of halogens is 1. The second-order valence-corrected chi connectivity index (χ2v) is 6.01. The number of aldehydes is 1. The van der Waals surface area contributed by atoms with Gasteiger partial charge in [0.05, 0.1) is 11.3 Å². The molecule has 0 bridgehead atoms. The van der Waals surface area contributed by atoms with Crippen molar-refractivity contribution >= 4 is 33.8 Å². The van der Waals surface area contributed by atoms with Crippen LogP contribution in [0, 0.1) is 6.92 Å². The minimum Gasteiger partial charge on any atom is -0.307 e. The molecule has 0 aromatic heterocycles. The monoisotopic (exact) mass is 343 g/mol. The highest BCUT2D eigenvalue weighted by Crippen LogP contribution is 2.30. The number of fused-ring (bicyclic) bond motifs is 1. The molecule has 0 spiro atoms. The third-order valence-electron chi connectivity index (χ3n) is 3.78. The smallest absolute Gasteiger partial charge is 0.258 e. The molecule has 2 aromatic carbocycles. The number of rotatable bonds is 2. The van der Waals surface area contributed by atoms with Crippen molar-refractivity contribution < 1.29 is 9.59 Å². The molecule has 1 amide bonds. The molecule has 1 aliphatic heterocycles. The maximum Gasteiger partial charge on any atom is 0.258 e. The van der Waals surface area contributed by atoms with Crippen LogP contribution >= 0.6 is 15.9 Å². The van der Waals surface area contributed by atoms with Crippen molar-refractivity contribution in [2.45, 2.75) is 13.3 Å². The number of carbonyl (C=O) groups is 2. The number of nitrogens with zero attached hydrogens (tertiary/aromatic N) is 1. The van der Waals surface area contributed by atoms with Crippen molar-refractivity contribution in [2.75, 3.05) is 11.4 Å². The van der Waals surface area contributed by atoms with E-state index in [1.807, 2.05) is 31.2 Å². The molecular formula is C17H14BrNO2. The highest BCUT2D eigenvalue weighted by molar-refractivity contribution is 9.10. The maximum absolute atomic E-state index is 12.7. The van der Waals surface area contributed by atoms with Gasteiger partial charge < -0.3 is 4.90 Å². The Morgan fingerprint density at radius 2 is 2.05 bits per heavy atom. The van der Waals surface area contributed by atoms with Gasteiger partial charge in [-0.25, -0.2) is 0 Å². The third kappa shape index (κ3) is 2.40.